The van der Waals surface area contributed by atoms with E-state index in [9.17, 15) is 0 Å². The number of unbranched alkanes of at least 4 members (excludes halogenated alkanes) is 9. The summed E-state index contributed by atoms with van der Waals surface area (Å²) in [4.78, 5) is 0. The highest BCUT2D eigenvalue weighted by Gasteiger charge is 2.13. The summed E-state index contributed by atoms with van der Waals surface area (Å²) in [5.41, 5.74) is 0. The minimum Gasteiger partial charge on any atom is -0.0654 e. The molecular weight excluding hydrogens is 264 g/mol. The third-order valence-electron chi connectivity index (χ3n) is 4.97. The highest BCUT2D eigenvalue weighted by molar-refractivity contribution is 4.81. The molecule has 133 valence electrons. The average Bonchev–Trinajstić information content (AvgIpc) is 2.51. The number of hydrogen-bond donors (Lipinski definition) is 0. The van der Waals surface area contributed by atoms with E-state index < -0.39 is 0 Å². The molecule has 0 N–H and O–H groups in total. The van der Waals surface area contributed by atoms with Crippen LogP contribution in [0.25, 0.3) is 0 Å². The van der Waals surface area contributed by atoms with Gasteiger partial charge in [-0.2, -0.15) is 0 Å². The van der Waals surface area contributed by atoms with Gasteiger partial charge in [-0.05, 0) is 18.3 Å². The van der Waals surface area contributed by atoms with E-state index in [-0.39, 0.29) is 0 Å². The van der Waals surface area contributed by atoms with Crippen LogP contribution in [0, 0.1) is 18.3 Å². The van der Waals surface area contributed by atoms with Crippen molar-refractivity contribution in [3.63, 3.8) is 0 Å². The third kappa shape index (κ3) is 14.9. The quantitative estimate of drug-likeness (QED) is 0.237. The van der Waals surface area contributed by atoms with Crippen LogP contribution < -0.4 is 0 Å². The van der Waals surface area contributed by atoms with E-state index in [1.807, 2.05) is 0 Å². The second kappa shape index (κ2) is 17.4. The standard InChI is InChI=1S/C22H45/c1-5-8-11-13-15-17-21(4)20-22(18-14-10-7-3)19-16-12-9-6-2/h20-22H,5-19H2,1-4H3. The molecular formula is C22H45. The Morgan fingerprint density at radius 2 is 0.955 bits per heavy atom. The molecule has 0 heterocycles. The molecule has 0 aromatic carbocycles. The second-order valence-electron chi connectivity index (χ2n) is 7.48. The van der Waals surface area contributed by atoms with Gasteiger partial charge in [-0.1, -0.05) is 124 Å². The van der Waals surface area contributed by atoms with Crippen LogP contribution in [0.3, 0.4) is 0 Å². The minimum absolute atomic E-state index is 0.833. The summed E-state index contributed by atoms with van der Waals surface area (Å²) >= 11 is 0. The predicted octanol–water partition coefficient (Wildman–Crippen LogP) is 8.35. The van der Waals surface area contributed by atoms with E-state index in [4.69, 9.17) is 0 Å². The van der Waals surface area contributed by atoms with Crippen LogP contribution in [-0.4, -0.2) is 0 Å². The van der Waals surface area contributed by atoms with Crippen molar-refractivity contribution in [1.82, 2.24) is 0 Å². The lowest BCUT2D eigenvalue weighted by Crippen LogP contribution is -2.08. The van der Waals surface area contributed by atoms with Gasteiger partial charge in [-0.3, -0.25) is 0 Å². The molecule has 0 aliphatic carbocycles. The van der Waals surface area contributed by atoms with Crippen molar-refractivity contribution < 1.29 is 0 Å². The summed E-state index contributed by atoms with van der Waals surface area (Å²) in [5, 5.41) is 0. The van der Waals surface area contributed by atoms with Gasteiger partial charge in [0.2, 0.25) is 0 Å². The molecule has 1 radical (unpaired) electrons. The largest absolute Gasteiger partial charge is 0.0654 e. The van der Waals surface area contributed by atoms with Crippen LogP contribution in [-0.2, 0) is 0 Å². The molecule has 0 saturated carbocycles. The smallest absolute Gasteiger partial charge is 0.0326 e. The second-order valence-corrected chi connectivity index (χ2v) is 7.48. The van der Waals surface area contributed by atoms with Crippen molar-refractivity contribution in [3.05, 3.63) is 6.42 Å². The molecule has 0 aliphatic heterocycles. The Labute approximate surface area is 142 Å². The predicted molar refractivity (Wildman–Crippen MR) is 103 cm³/mol. The zero-order valence-electron chi connectivity index (χ0n) is 16.3. The highest BCUT2D eigenvalue weighted by Crippen LogP contribution is 2.26. The Hall–Kier alpha value is 0. The Morgan fingerprint density at radius 1 is 0.545 bits per heavy atom. The fourth-order valence-electron chi connectivity index (χ4n) is 3.46. The first-order chi connectivity index (χ1) is 10.7. The van der Waals surface area contributed by atoms with E-state index in [1.54, 1.807) is 0 Å². The van der Waals surface area contributed by atoms with Crippen LogP contribution >= 0.6 is 0 Å². The van der Waals surface area contributed by atoms with Crippen LogP contribution in [0.1, 0.15) is 124 Å². The Morgan fingerprint density at radius 3 is 1.55 bits per heavy atom. The molecule has 0 rings (SSSR count). The van der Waals surface area contributed by atoms with Gasteiger partial charge in [0, 0.05) is 0 Å². The van der Waals surface area contributed by atoms with Crippen molar-refractivity contribution >= 4 is 0 Å². The Balaban J connectivity index is 3.85. The van der Waals surface area contributed by atoms with Crippen molar-refractivity contribution in [2.24, 2.45) is 11.8 Å². The highest BCUT2D eigenvalue weighted by atomic mass is 14.2. The van der Waals surface area contributed by atoms with E-state index in [1.165, 1.54) is 96.3 Å². The normalized spacial score (nSPS) is 14.2. The molecule has 0 spiro atoms. The first-order valence-corrected chi connectivity index (χ1v) is 10.6. The van der Waals surface area contributed by atoms with Gasteiger partial charge in [0.25, 0.3) is 0 Å². The summed E-state index contributed by atoms with van der Waals surface area (Å²) in [7, 11) is 0. The summed E-state index contributed by atoms with van der Waals surface area (Å²) in [6, 6.07) is 0. The van der Waals surface area contributed by atoms with Gasteiger partial charge in [0.15, 0.2) is 0 Å². The summed E-state index contributed by atoms with van der Waals surface area (Å²) in [6.45, 7) is 9.39. The van der Waals surface area contributed by atoms with Gasteiger partial charge in [0.05, 0.1) is 0 Å². The SMILES string of the molecule is CCCCCCCC(C)[CH]C(CCCCC)CCCCCC. The zero-order chi connectivity index (χ0) is 16.5. The molecule has 0 aliphatic rings. The molecule has 0 fully saturated rings. The van der Waals surface area contributed by atoms with Gasteiger partial charge in [-0.15, -0.1) is 0 Å². The maximum atomic E-state index is 2.72. The molecule has 0 heteroatoms. The molecule has 0 nitrogen and oxygen atoms in total. The molecule has 2 unspecified atom stereocenters. The monoisotopic (exact) mass is 309 g/mol. The molecule has 22 heavy (non-hydrogen) atoms. The van der Waals surface area contributed by atoms with Crippen LogP contribution in [0.5, 0.6) is 0 Å². The van der Waals surface area contributed by atoms with Crippen LogP contribution in [0.2, 0.25) is 0 Å². The first kappa shape index (κ1) is 22.0. The molecule has 0 saturated heterocycles. The molecule has 0 amide bonds. The fraction of sp³-hybridized carbons (Fsp3) is 0.955. The van der Waals surface area contributed by atoms with Crippen LogP contribution in [0.4, 0.5) is 0 Å². The molecule has 2 atom stereocenters. The van der Waals surface area contributed by atoms with E-state index in [2.05, 4.69) is 34.1 Å². The Kier molecular flexibility index (Phi) is 17.4. The van der Waals surface area contributed by atoms with Crippen LogP contribution in [0.15, 0.2) is 0 Å². The fourth-order valence-corrected chi connectivity index (χ4v) is 3.46. The number of rotatable bonds is 17. The summed E-state index contributed by atoms with van der Waals surface area (Å²) < 4.78 is 0. The molecule has 0 aromatic rings. The van der Waals surface area contributed by atoms with E-state index in [0.29, 0.717) is 0 Å². The Bertz CT molecular complexity index is 196. The lowest BCUT2D eigenvalue weighted by Gasteiger charge is -2.21. The van der Waals surface area contributed by atoms with Gasteiger partial charge >= 0.3 is 0 Å². The topological polar surface area (TPSA) is 0 Å². The molecule has 0 aromatic heterocycles. The van der Waals surface area contributed by atoms with Crippen molar-refractivity contribution in [2.75, 3.05) is 0 Å². The maximum Gasteiger partial charge on any atom is -0.0326 e. The summed E-state index contributed by atoms with van der Waals surface area (Å²) in [6.07, 6.45) is 24.0. The lowest BCUT2D eigenvalue weighted by molar-refractivity contribution is 0.400. The van der Waals surface area contributed by atoms with E-state index >= 15 is 0 Å². The zero-order valence-corrected chi connectivity index (χ0v) is 16.3. The minimum atomic E-state index is 0.833. The third-order valence-corrected chi connectivity index (χ3v) is 4.97. The van der Waals surface area contributed by atoms with Crippen molar-refractivity contribution in [1.29, 1.82) is 0 Å². The number of hydrogen-bond acceptors (Lipinski definition) is 0. The van der Waals surface area contributed by atoms with Crippen molar-refractivity contribution in [2.45, 2.75) is 124 Å². The molecule has 0 bridgehead atoms. The lowest BCUT2D eigenvalue weighted by atomic mass is 9.85. The van der Waals surface area contributed by atoms with Gasteiger partial charge in [-0.25, -0.2) is 0 Å². The van der Waals surface area contributed by atoms with Crippen molar-refractivity contribution in [3.8, 4) is 0 Å². The van der Waals surface area contributed by atoms with Gasteiger partial charge < -0.3 is 0 Å². The van der Waals surface area contributed by atoms with Gasteiger partial charge in [0.1, 0.15) is 0 Å². The average molecular weight is 310 g/mol. The maximum absolute atomic E-state index is 2.72. The van der Waals surface area contributed by atoms with E-state index in [0.717, 1.165) is 11.8 Å². The summed E-state index contributed by atoms with van der Waals surface area (Å²) in [5.74, 6) is 1.73. The first-order valence-electron chi connectivity index (χ1n) is 10.6.